The van der Waals surface area contributed by atoms with E-state index in [-0.39, 0.29) is 17.8 Å². The standard InChI is InChI=1S/C17H30N2O3/c1-3-15-7-5-6-10-19(15)13-16(20)18-11-8-14(9-12-18)17(21)22-4-2/h14-15H,3-13H2,1-2H3. The van der Waals surface area contributed by atoms with Gasteiger partial charge < -0.3 is 9.64 Å². The number of hydrogen-bond donors (Lipinski definition) is 0. The fourth-order valence-electron chi connectivity index (χ4n) is 3.63. The molecule has 2 saturated heterocycles. The van der Waals surface area contributed by atoms with Gasteiger partial charge in [-0.25, -0.2) is 0 Å². The molecule has 2 fully saturated rings. The fraction of sp³-hybridized carbons (Fsp3) is 0.882. The number of piperidine rings is 2. The van der Waals surface area contributed by atoms with Gasteiger partial charge in [-0.15, -0.1) is 0 Å². The van der Waals surface area contributed by atoms with Crippen LogP contribution in [0.3, 0.4) is 0 Å². The highest BCUT2D eigenvalue weighted by Gasteiger charge is 2.30. The molecule has 2 heterocycles. The van der Waals surface area contributed by atoms with Crippen LogP contribution in [0, 0.1) is 5.92 Å². The molecule has 0 aromatic heterocycles. The maximum atomic E-state index is 12.5. The predicted octanol–water partition coefficient (Wildman–Crippen LogP) is 2.05. The first-order valence-corrected chi connectivity index (χ1v) is 8.84. The largest absolute Gasteiger partial charge is 0.466 e. The molecule has 0 aromatic rings. The Morgan fingerprint density at radius 2 is 1.77 bits per heavy atom. The molecule has 5 nitrogen and oxygen atoms in total. The van der Waals surface area contributed by atoms with Crippen molar-refractivity contribution in [3.8, 4) is 0 Å². The topological polar surface area (TPSA) is 49.9 Å². The summed E-state index contributed by atoms with van der Waals surface area (Å²) in [5, 5.41) is 0. The van der Waals surface area contributed by atoms with Crippen molar-refractivity contribution in [3.05, 3.63) is 0 Å². The monoisotopic (exact) mass is 310 g/mol. The van der Waals surface area contributed by atoms with E-state index in [1.807, 2.05) is 11.8 Å². The Morgan fingerprint density at radius 3 is 2.41 bits per heavy atom. The van der Waals surface area contributed by atoms with Crippen LogP contribution in [0.1, 0.15) is 52.4 Å². The van der Waals surface area contributed by atoms with Crippen LogP contribution in [0.5, 0.6) is 0 Å². The van der Waals surface area contributed by atoms with E-state index in [2.05, 4.69) is 11.8 Å². The molecule has 0 aromatic carbocycles. The molecule has 2 aliphatic heterocycles. The molecule has 0 saturated carbocycles. The van der Waals surface area contributed by atoms with Gasteiger partial charge in [-0.1, -0.05) is 13.3 Å². The average Bonchev–Trinajstić information content (AvgIpc) is 2.55. The van der Waals surface area contributed by atoms with Crippen LogP contribution in [0.25, 0.3) is 0 Å². The molecule has 0 N–H and O–H groups in total. The lowest BCUT2D eigenvalue weighted by Gasteiger charge is -2.37. The van der Waals surface area contributed by atoms with E-state index in [9.17, 15) is 9.59 Å². The number of carbonyl (C=O) groups is 2. The van der Waals surface area contributed by atoms with Gasteiger partial charge in [0, 0.05) is 19.1 Å². The maximum absolute atomic E-state index is 12.5. The van der Waals surface area contributed by atoms with E-state index < -0.39 is 0 Å². The van der Waals surface area contributed by atoms with E-state index in [4.69, 9.17) is 4.74 Å². The van der Waals surface area contributed by atoms with Crippen LogP contribution in [0.4, 0.5) is 0 Å². The number of carbonyl (C=O) groups excluding carboxylic acids is 2. The summed E-state index contributed by atoms with van der Waals surface area (Å²) in [6.07, 6.45) is 6.30. The average molecular weight is 310 g/mol. The first-order valence-electron chi connectivity index (χ1n) is 8.84. The van der Waals surface area contributed by atoms with Crippen LogP contribution in [-0.2, 0) is 14.3 Å². The Bertz CT molecular complexity index is 378. The summed E-state index contributed by atoms with van der Waals surface area (Å²) in [6, 6.07) is 0.565. The lowest BCUT2D eigenvalue weighted by molar-refractivity contribution is -0.151. The zero-order valence-electron chi connectivity index (χ0n) is 14.1. The summed E-state index contributed by atoms with van der Waals surface area (Å²) in [4.78, 5) is 28.5. The number of likely N-dealkylation sites (tertiary alicyclic amines) is 2. The zero-order valence-corrected chi connectivity index (χ0v) is 14.1. The van der Waals surface area contributed by atoms with Crippen LogP contribution in [-0.4, -0.2) is 60.5 Å². The summed E-state index contributed by atoms with van der Waals surface area (Å²) < 4.78 is 5.08. The molecule has 5 heteroatoms. The molecule has 1 amide bonds. The molecule has 1 atom stereocenters. The van der Waals surface area contributed by atoms with Crippen molar-refractivity contribution in [2.45, 2.75) is 58.4 Å². The SMILES string of the molecule is CCOC(=O)C1CCN(C(=O)CN2CCCCC2CC)CC1. The number of rotatable bonds is 5. The third-order valence-corrected chi connectivity index (χ3v) is 5.03. The third-order valence-electron chi connectivity index (χ3n) is 5.03. The number of esters is 1. The fourth-order valence-corrected chi connectivity index (χ4v) is 3.63. The van der Waals surface area contributed by atoms with Gasteiger partial charge in [0.2, 0.25) is 5.91 Å². The van der Waals surface area contributed by atoms with Gasteiger partial charge in [-0.3, -0.25) is 14.5 Å². The van der Waals surface area contributed by atoms with Crippen LogP contribution >= 0.6 is 0 Å². The minimum absolute atomic E-state index is 0.0256. The number of ether oxygens (including phenoxy) is 1. The van der Waals surface area contributed by atoms with Gasteiger partial charge in [0.25, 0.3) is 0 Å². The summed E-state index contributed by atoms with van der Waals surface area (Å²) >= 11 is 0. The summed E-state index contributed by atoms with van der Waals surface area (Å²) in [5.41, 5.74) is 0. The van der Waals surface area contributed by atoms with Crippen LogP contribution in [0.2, 0.25) is 0 Å². The molecule has 0 radical (unpaired) electrons. The molecular formula is C17H30N2O3. The summed E-state index contributed by atoms with van der Waals surface area (Å²) in [7, 11) is 0. The minimum atomic E-state index is -0.100. The molecule has 22 heavy (non-hydrogen) atoms. The third kappa shape index (κ3) is 4.45. The maximum Gasteiger partial charge on any atom is 0.309 e. The van der Waals surface area contributed by atoms with Crippen molar-refractivity contribution in [1.29, 1.82) is 0 Å². The number of amides is 1. The van der Waals surface area contributed by atoms with Crippen molar-refractivity contribution >= 4 is 11.9 Å². The first kappa shape index (κ1) is 17.3. The lowest BCUT2D eigenvalue weighted by Crippen LogP contribution is -2.49. The van der Waals surface area contributed by atoms with E-state index in [0.29, 0.717) is 32.3 Å². The van der Waals surface area contributed by atoms with Crippen molar-refractivity contribution in [2.24, 2.45) is 5.92 Å². The highest BCUT2D eigenvalue weighted by Crippen LogP contribution is 2.21. The summed E-state index contributed by atoms with van der Waals surface area (Å²) in [6.45, 7) is 7.44. The van der Waals surface area contributed by atoms with Crippen molar-refractivity contribution < 1.29 is 14.3 Å². The minimum Gasteiger partial charge on any atom is -0.466 e. The lowest BCUT2D eigenvalue weighted by atomic mass is 9.96. The smallest absolute Gasteiger partial charge is 0.309 e. The van der Waals surface area contributed by atoms with E-state index in [0.717, 1.165) is 25.8 Å². The molecule has 0 spiro atoms. The molecular weight excluding hydrogens is 280 g/mol. The molecule has 2 aliphatic rings. The van der Waals surface area contributed by atoms with Crippen LogP contribution in [0.15, 0.2) is 0 Å². The first-order chi connectivity index (χ1) is 10.7. The van der Waals surface area contributed by atoms with E-state index in [1.165, 1.54) is 19.3 Å². The molecule has 126 valence electrons. The molecule has 0 bridgehead atoms. The second kappa shape index (κ2) is 8.51. The second-order valence-electron chi connectivity index (χ2n) is 6.44. The van der Waals surface area contributed by atoms with Crippen molar-refractivity contribution in [3.63, 3.8) is 0 Å². The summed E-state index contributed by atoms with van der Waals surface area (Å²) in [5.74, 6) is 0.0988. The normalized spacial score (nSPS) is 24.3. The van der Waals surface area contributed by atoms with Crippen molar-refractivity contribution in [2.75, 3.05) is 32.8 Å². The molecule has 1 unspecified atom stereocenters. The molecule has 2 rings (SSSR count). The van der Waals surface area contributed by atoms with Gasteiger partial charge >= 0.3 is 5.97 Å². The highest BCUT2D eigenvalue weighted by molar-refractivity contribution is 5.79. The quantitative estimate of drug-likeness (QED) is 0.729. The molecule has 0 aliphatic carbocycles. The van der Waals surface area contributed by atoms with Crippen molar-refractivity contribution in [1.82, 2.24) is 9.80 Å². The second-order valence-corrected chi connectivity index (χ2v) is 6.44. The van der Waals surface area contributed by atoms with Gasteiger partial charge in [0.1, 0.15) is 0 Å². The Morgan fingerprint density at radius 1 is 1.05 bits per heavy atom. The number of hydrogen-bond acceptors (Lipinski definition) is 4. The zero-order chi connectivity index (χ0) is 15.9. The van der Waals surface area contributed by atoms with Gasteiger partial charge in [0.05, 0.1) is 19.1 Å². The number of nitrogens with zero attached hydrogens (tertiary/aromatic N) is 2. The Labute approximate surface area is 134 Å². The van der Waals surface area contributed by atoms with E-state index >= 15 is 0 Å². The van der Waals surface area contributed by atoms with Crippen LogP contribution < -0.4 is 0 Å². The predicted molar refractivity (Wildman–Crippen MR) is 85.4 cm³/mol. The van der Waals surface area contributed by atoms with E-state index in [1.54, 1.807) is 0 Å². The van der Waals surface area contributed by atoms with Gasteiger partial charge in [-0.2, -0.15) is 0 Å². The Kier molecular flexibility index (Phi) is 6.68. The Balaban J connectivity index is 1.78. The van der Waals surface area contributed by atoms with Gasteiger partial charge in [-0.05, 0) is 45.6 Å². The van der Waals surface area contributed by atoms with Gasteiger partial charge in [0.15, 0.2) is 0 Å². The Hall–Kier alpha value is -1.10. The highest BCUT2D eigenvalue weighted by atomic mass is 16.5.